The number of likely N-dealkylation sites (tertiary alicyclic amines) is 1. The summed E-state index contributed by atoms with van der Waals surface area (Å²) in [5.41, 5.74) is 0.700. The second-order valence-electron chi connectivity index (χ2n) is 9.19. The number of ether oxygens (including phenoxy) is 1. The summed E-state index contributed by atoms with van der Waals surface area (Å²) in [5, 5.41) is 0. The maximum atomic E-state index is 15.2. The van der Waals surface area contributed by atoms with Gasteiger partial charge in [0.2, 0.25) is 0 Å². The Labute approximate surface area is 181 Å². The molecule has 7 nitrogen and oxygen atoms in total. The van der Waals surface area contributed by atoms with Crippen molar-refractivity contribution >= 4 is 12.0 Å². The van der Waals surface area contributed by atoms with Gasteiger partial charge in [-0.3, -0.25) is 4.79 Å². The molecule has 4 rings (SSSR count). The second-order valence-corrected chi connectivity index (χ2v) is 9.19. The third kappa shape index (κ3) is 4.89. The molecule has 2 aliphatic rings. The molecule has 2 fully saturated rings. The Morgan fingerprint density at radius 2 is 1.90 bits per heavy atom. The molecule has 1 aliphatic heterocycles. The summed E-state index contributed by atoms with van der Waals surface area (Å²) in [6.45, 7) is 5.64. The maximum absolute atomic E-state index is 15.2. The molecule has 1 saturated carbocycles. The van der Waals surface area contributed by atoms with Crippen LogP contribution in [0.4, 0.5) is 9.18 Å². The normalized spacial score (nSPS) is 21.6. The van der Waals surface area contributed by atoms with Crippen LogP contribution in [0.15, 0.2) is 41.3 Å². The Morgan fingerprint density at radius 1 is 1.19 bits per heavy atom. The van der Waals surface area contributed by atoms with Gasteiger partial charge >= 0.3 is 6.09 Å². The predicted molar refractivity (Wildman–Crippen MR) is 112 cm³/mol. The van der Waals surface area contributed by atoms with E-state index in [4.69, 9.17) is 9.15 Å². The molecule has 2 atom stereocenters. The average molecular weight is 429 g/mol. The van der Waals surface area contributed by atoms with Gasteiger partial charge in [-0.05, 0) is 52.2 Å². The van der Waals surface area contributed by atoms with Gasteiger partial charge in [0.25, 0.3) is 5.91 Å². The molecule has 1 aromatic carbocycles. The maximum Gasteiger partial charge on any atom is 0.410 e. The zero-order valence-electron chi connectivity index (χ0n) is 18.1. The molecule has 1 aromatic heterocycles. The number of oxazole rings is 1. The standard InChI is InChI=1S/C23H28FN3O4/c1-23(2,3)31-22(29)26-11-10-19(18(24)13-26)27(17-8-9-17)21(28)16-6-4-15(5-7-16)20-12-25-14-30-20/h4-7,12,14,17-19H,8-11,13H2,1-3H3/t18-,19+/m1/s1. The molecule has 0 radical (unpaired) electrons. The lowest BCUT2D eigenvalue weighted by Gasteiger charge is -2.41. The number of hydrogen-bond acceptors (Lipinski definition) is 5. The van der Waals surface area contributed by atoms with Gasteiger partial charge in [0, 0.05) is 23.7 Å². The highest BCUT2D eigenvalue weighted by molar-refractivity contribution is 5.95. The first-order valence-electron chi connectivity index (χ1n) is 10.7. The lowest BCUT2D eigenvalue weighted by atomic mass is 9.99. The molecular weight excluding hydrogens is 401 g/mol. The Bertz CT molecular complexity index is 919. The Kier molecular flexibility index (Phi) is 5.73. The second kappa shape index (κ2) is 8.32. The lowest BCUT2D eigenvalue weighted by Crippen LogP contribution is -2.56. The molecule has 2 amide bonds. The highest BCUT2D eigenvalue weighted by Gasteiger charge is 2.44. The number of benzene rings is 1. The molecule has 2 aromatic rings. The van der Waals surface area contributed by atoms with E-state index in [-0.39, 0.29) is 18.5 Å². The monoisotopic (exact) mass is 429 g/mol. The summed E-state index contributed by atoms with van der Waals surface area (Å²) >= 11 is 0. The van der Waals surface area contributed by atoms with E-state index in [9.17, 15) is 9.59 Å². The summed E-state index contributed by atoms with van der Waals surface area (Å²) in [6.07, 6.45) is 3.27. The molecule has 1 saturated heterocycles. The zero-order valence-corrected chi connectivity index (χ0v) is 18.1. The van der Waals surface area contributed by atoms with Crippen molar-refractivity contribution in [1.82, 2.24) is 14.8 Å². The van der Waals surface area contributed by atoms with Crippen LogP contribution in [0, 0.1) is 0 Å². The third-order valence-corrected chi connectivity index (χ3v) is 5.54. The van der Waals surface area contributed by atoms with Gasteiger partial charge < -0.3 is 19.0 Å². The lowest BCUT2D eigenvalue weighted by molar-refractivity contribution is -0.00432. The van der Waals surface area contributed by atoms with E-state index in [0.717, 1.165) is 18.4 Å². The van der Waals surface area contributed by atoms with E-state index in [1.807, 2.05) is 0 Å². The Balaban J connectivity index is 1.45. The highest BCUT2D eigenvalue weighted by atomic mass is 19.1. The number of rotatable bonds is 4. The summed E-state index contributed by atoms with van der Waals surface area (Å²) in [5.74, 6) is 0.446. The van der Waals surface area contributed by atoms with E-state index in [2.05, 4.69) is 4.98 Å². The van der Waals surface area contributed by atoms with Gasteiger partial charge in [-0.15, -0.1) is 0 Å². The van der Waals surface area contributed by atoms with Crippen LogP contribution in [0.25, 0.3) is 11.3 Å². The molecule has 0 N–H and O–H groups in total. The van der Waals surface area contributed by atoms with Crippen molar-refractivity contribution in [3.05, 3.63) is 42.4 Å². The highest BCUT2D eigenvalue weighted by Crippen LogP contribution is 2.34. The van der Waals surface area contributed by atoms with Crippen LogP contribution < -0.4 is 0 Å². The zero-order chi connectivity index (χ0) is 22.2. The minimum atomic E-state index is -1.32. The van der Waals surface area contributed by atoms with Gasteiger partial charge in [-0.1, -0.05) is 12.1 Å². The van der Waals surface area contributed by atoms with Crippen molar-refractivity contribution in [1.29, 1.82) is 0 Å². The van der Waals surface area contributed by atoms with E-state index in [1.54, 1.807) is 56.1 Å². The minimum Gasteiger partial charge on any atom is -0.444 e. The fourth-order valence-corrected chi connectivity index (χ4v) is 3.92. The van der Waals surface area contributed by atoms with Crippen LogP contribution in [0.5, 0.6) is 0 Å². The van der Waals surface area contributed by atoms with Gasteiger partial charge in [-0.25, -0.2) is 14.2 Å². The number of alkyl halides is 1. The summed E-state index contributed by atoms with van der Waals surface area (Å²) < 4.78 is 25.8. The van der Waals surface area contributed by atoms with Gasteiger partial charge in [-0.2, -0.15) is 0 Å². The van der Waals surface area contributed by atoms with E-state index < -0.39 is 23.9 Å². The molecule has 0 unspecified atom stereocenters. The average Bonchev–Trinajstić information content (AvgIpc) is 3.39. The fraction of sp³-hybridized carbons (Fsp3) is 0.522. The predicted octanol–water partition coefficient (Wildman–Crippen LogP) is 4.29. The number of carbonyl (C=O) groups is 2. The smallest absolute Gasteiger partial charge is 0.410 e. The van der Waals surface area contributed by atoms with Gasteiger partial charge in [0.05, 0.1) is 18.8 Å². The van der Waals surface area contributed by atoms with Gasteiger partial charge in [0.15, 0.2) is 12.2 Å². The van der Waals surface area contributed by atoms with E-state index in [1.165, 1.54) is 11.3 Å². The van der Waals surface area contributed by atoms with Crippen LogP contribution in [0.2, 0.25) is 0 Å². The molecular formula is C23H28FN3O4. The molecule has 2 heterocycles. The first kappa shape index (κ1) is 21.3. The molecule has 31 heavy (non-hydrogen) atoms. The molecule has 0 bridgehead atoms. The quantitative estimate of drug-likeness (QED) is 0.725. The molecule has 1 aliphatic carbocycles. The number of aromatic nitrogens is 1. The Morgan fingerprint density at radius 3 is 2.45 bits per heavy atom. The van der Waals surface area contributed by atoms with Crippen molar-refractivity contribution in [3.8, 4) is 11.3 Å². The van der Waals surface area contributed by atoms with Crippen LogP contribution in [0.1, 0.15) is 50.4 Å². The van der Waals surface area contributed by atoms with Gasteiger partial charge in [0.1, 0.15) is 11.8 Å². The van der Waals surface area contributed by atoms with Crippen LogP contribution in [0.3, 0.4) is 0 Å². The van der Waals surface area contributed by atoms with Crippen molar-refractivity contribution in [2.75, 3.05) is 13.1 Å². The number of nitrogens with zero attached hydrogens (tertiary/aromatic N) is 3. The summed E-state index contributed by atoms with van der Waals surface area (Å²) in [6, 6.07) is 6.58. The molecule has 166 valence electrons. The minimum absolute atomic E-state index is 0.0535. The SMILES string of the molecule is CC(C)(C)OC(=O)N1CC[C@H](N(C(=O)c2ccc(-c3cnco3)cc2)C2CC2)[C@H](F)C1. The third-order valence-electron chi connectivity index (χ3n) is 5.54. The number of carbonyl (C=O) groups excluding carboxylic acids is 2. The van der Waals surface area contributed by atoms with Crippen molar-refractivity contribution in [3.63, 3.8) is 0 Å². The fourth-order valence-electron chi connectivity index (χ4n) is 3.92. The van der Waals surface area contributed by atoms with E-state index in [0.29, 0.717) is 24.3 Å². The molecule has 8 heteroatoms. The Hall–Kier alpha value is -2.90. The number of amides is 2. The number of piperidine rings is 1. The number of hydrogen-bond donors (Lipinski definition) is 0. The summed E-state index contributed by atoms with van der Waals surface area (Å²) in [7, 11) is 0. The van der Waals surface area contributed by atoms with Crippen molar-refractivity contribution < 1.29 is 23.1 Å². The first-order valence-corrected chi connectivity index (χ1v) is 10.7. The first-order chi connectivity index (χ1) is 14.7. The van der Waals surface area contributed by atoms with E-state index >= 15 is 4.39 Å². The largest absolute Gasteiger partial charge is 0.444 e. The van der Waals surface area contributed by atoms with Crippen molar-refractivity contribution in [2.24, 2.45) is 0 Å². The van der Waals surface area contributed by atoms with Crippen LogP contribution in [-0.4, -0.2) is 63.7 Å². The van der Waals surface area contributed by atoms with Crippen molar-refractivity contribution in [2.45, 2.75) is 63.9 Å². The van der Waals surface area contributed by atoms with Crippen LogP contribution in [-0.2, 0) is 4.74 Å². The summed E-state index contributed by atoms with van der Waals surface area (Å²) in [4.78, 5) is 32.6. The topological polar surface area (TPSA) is 75.9 Å². The van der Waals surface area contributed by atoms with Crippen LogP contribution >= 0.6 is 0 Å². The molecule has 0 spiro atoms. The number of halogens is 1.